The fourth-order valence-corrected chi connectivity index (χ4v) is 4.64. The van der Waals surface area contributed by atoms with E-state index in [2.05, 4.69) is 34.2 Å². The second-order valence-electron chi connectivity index (χ2n) is 5.99. The monoisotopic (exact) mass is 292 g/mol. The smallest absolute Gasteiger partial charge is 0.234 e. The standard InChI is InChI=1S/C16H24N2OS/c1-2-17-9-11-18(12-10-17)15(19)16(7-3-4-8-16)14-6-5-13-20-14/h5-6,13H,2-4,7-12H2,1H3. The summed E-state index contributed by atoms with van der Waals surface area (Å²) in [4.78, 5) is 19.0. The third kappa shape index (κ3) is 2.40. The average molecular weight is 292 g/mol. The maximum Gasteiger partial charge on any atom is 0.234 e. The van der Waals surface area contributed by atoms with Gasteiger partial charge in [0.2, 0.25) is 5.91 Å². The molecule has 1 amide bonds. The van der Waals surface area contributed by atoms with Crippen molar-refractivity contribution in [1.29, 1.82) is 0 Å². The first-order chi connectivity index (χ1) is 9.76. The molecule has 110 valence electrons. The minimum atomic E-state index is -0.192. The van der Waals surface area contributed by atoms with E-state index in [1.165, 1.54) is 17.7 Å². The molecule has 1 saturated carbocycles. The highest BCUT2D eigenvalue weighted by molar-refractivity contribution is 7.10. The molecule has 2 heterocycles. The summed E-state index contributed by atoms with van der Waals surface area (Å²) in [7, 11) is 0. The molecule has 1 aromatic rings. The van der Waals surface area contributed by atoms with Crippen molar-refractivity contribution in [3.63, 3.8) is 0 Å². The van der Waals surface area contributed by atoms with Gasteiger partial charge in [0.05, 0.1) is 5.41 Å². The number of rotatable bonds is 3. The van der Waals surface area contributed by atoms with Crippen LogP contribution < -0.4 is 0 Å². The molecule has 2 fully saturated rings. The van der Waals surface area contributed by atoms with Crippen LogP contribution in [0.2, 0.25) is 0 Å². The van der Waals surface area contributed by atoms with Crippen molar-refractivity contribution in [2.24, 2.45) is 0 Å². The lowest BCUT2D eigenvalue weighted by Gasteiger charge is -2.39. The normalized spacial score (nSPS) is 23.1. The van der Waals surface area contributed by atoms with E-state index >= 15 is 0 Å². The third-order valence-electron chi connectivity index (χ3n) is 4.97. The Morgan fingerprint density at radius 1 is 1.25 bits per heavy atom. The fourth-order valence-electron chi connectivity index (χ4n) is 3.66. The molecule has 0 unspecified atom stereocenters. The van der Waals surface area contributed by atoms with Crippen LogP contribution in [-0.2, 0) is 10.2 Å². The van der Waals surface area contributed by atoms with Crippen LogP contribution in [0.5, 0.6) is 0 Å². The largest absolute Gasteiger partial charge is 0.339 e. The molecule has 2 aliphatic rings. The van der Waals surface area contributed by atoms with Crippen molar-refractivity contribution in [3.05, 3.63) is 22.4 Å². The molecule has 0 bridgehead atoms. The summed E-state index contributed by atoms with van der Waals surface area (Å²) in [5.41, 5.74) is -0.192. The average Bonchev–Trinajstić information content (AvgIpc) is 3.18. The molecule has 3 rings (SSSR count). The molecule has 0 N–H and O–H groups in total. The second kappa shape index (κ2) is 5.86. The molecule has 0 spiro atoms. The predicted octanol–water partition coefficient (Wildman–Crippen LogP) is 2.72. The molecule has 1 aromatic heterocycles. The van der Waals surface area contributed by atoms with E-state index in [4.69, 9.17) is 0 Å². The Hall–Kier alpha value is -0.870. The summed E-state index contributed by atoms with van der Waals surface area (Å²) in [5.74, 6) is 0.396. The zero-order valence-corrected chi connectivity index (χ0v) is 13.1. The van der Waals surface area contributed by atoms with E-state index in [0.29, 0.717) is 5.91 Å². The molecule has 20 heavy (non-hydrogen) atoms. The van der Waals surface area contributed by atoms with Gasteiger partial charge in [-0.2, -0.15) is 0 Å². The first-order valence-corrected chi connectivity index (χ1v) is 8.70. The van der Waals surface area contributed by atoms with Gasteiger partial charge in [-0.1, -0.05) is 25.8 Å². The van der Waals surface area contributed by atoms with E-state index in [9.17, 15) is 4.79 Å². The molecule has 0 radical (unpaired) electrons. The maximum absolute atomic E-state index is 13.1. The van der Waals surface area contributed by atoms with E-state index in [-0.39, 0.29) is 5.41 Å². The van der Waals surface area contributed by atoms with Gasteiger partial charge in [0.15, 0.2) is 0 Å². The number of carbonyl (C=O) groups is 1. The molecule has 1 aliphatic carbocycles. The summed E-state index contributed by atoms with van der Waals surface area (Å²) in [6, 6.07) is 4.25. The molecule has 4 heteroatoms. The van der Waals surface area contributed by atoms with Crippen LogP contribution in [-0.4, -0.2) is 48.4 Å². The molecule has 0 aromatic carbocycles. The lowest BCUT2D eigenvalue weighted by Crippen LogP contribution is -2.53. The van der Waals surface area contributed by atoms with Crippen LogP contribution in [0.25, 0.3) is 0 Å². The fraction of sp³-hybridized carbons (Fsp3) is 0.688. The Labute approximate surface area is 125 Å². The topological polar surface area (TPSA) is 23.6 Å². The number of hydrogen-bond donors (Lipinski definition) is 0. The highest BCUT2D eigenvalue weighted by Crippen LogP contribution is 2.44. The zero-order chi connectivity index (χ0) is 14.0. The zero-order valence-electron chi connectivity index (χ0n) is 12.3. The summed E-state index contributed by atoms with van der Waals surface area (Å²) in [5, 5.41) is 2.11. The molecule has 1 saturated heterocycles. The summed E-state index contributed by atoms with van der Waals surface area (Å²) < 4.78 is 0. The van der Waals surface area contributed by atoms with Crippen molar-refractivity contribution in [2.75, 3.05) is 32.7 Å². The number of likely N-dealkylation sites (N-methyl/N-ethyl adjacent to an activating group) is 1. The quantitative estimate of drug-likeness (QED) is 0.855. The molecular weight excluding hydrogens is 268 g/mol. The minimum absolute atomic E-state index is 0.192. The maximum atomic E-state index is 13.1. The van der Waals surface area contributed by atoms with Crippen molar-refractivity contribution >= 4 is 17.2 Å². The first-order valence-electron chi connectivity index (χ1n) is 7.82. The number of carbonyl (C=O) groups excluding carboxylic acids is 1. The van der Waals surface area contributed by atoms with E-state index in [1.807, 2.05) is 0 Å². The van der Waals surface area contributed by atoms with Gasteiger partial charge in [0.1, 0.15) is 0 Å². The van der Waals surface area contributed by atoms with Crippen LogP contribution in [0.1, 0.15) is 37.5 Å². The van der Waals surface area contributed by atoms with Gasteiger partial charge in [-0.3, -0.25) is 4.79 Å². The van der Waals surface area contributed by atoms with Crippen molar-refractivity contribution in [2.45, 2.75) is 38.0 Å². The summed E-state index contributed by atoms with van der Waals surface area (Å²) in [6.07, 6.45) is 4.47. The Morgan fingerprint density at radius 3 is 2.50 bits per heavy atom. The lowest BCUT2D eigenvalue weighted by atomic mass is 9.82. The van der Waals surface area contributed by atoms with Crippen LogP contribution in [0, 0.1) is 0 Å². The van der Waals surface area contributed by atoms with E-state index in [1.54, 1.807) is 11.3 Å². The molecule has 3 nitrogen and oxygen atoms in total. The number of amides is 1. The Bertz CT molecular complexity index is 443. The van der Waals surface area contributed by atoms with E-state index < -0.39 is 0 Å². The number of nitrogens with zero attached hydrogens (tertiary/aromatic N) is 2. The minimum Gasteiger partial charge on any atom is -0.339 e. The molecular formula is C16H24N2OS. The highest BCUT2D eigenvalue weighted by Gasteiger charge is 2.45. The van der Waals surface area contributed by atoms with Crippen LogP contribution in [0.3, 0.4) is 0 Å². The highest BCUT2D eigenvalue weighted by atomic mass is 32.1. The van der Waals surface area contributed by atoms with Gasteiger partial charge < -0.3 is 9.80 Å². The Morgan fingerprint density at radius 2 is 1.95 bits per heavy atom. The molecule has 1 aliphatic heterocycles. The summed E-state index contributed by atoms with van der Waals surface area (Å²) in [6.45, 7) is 7.16. The van der Waals surface area contributed by atoms with Gasteiger partial charge in [-0.05, 0) is 30.8 Å². The van der Waals surface area contributed by atoms with Crippen LogP contribution in [0.4, 0.5) is 0 Å². The molecule has 0 atom stereocenters. The summed E-state index contributed by atoms with van der Waals surface area (Å²) >= 11 is 1.76. The van der Waals surface area contributed by atoms with Crippen molar-refractivity contribution < 1.29 is 4.79 Å². The Kier molecular flexibility index (Phi) is 4.13. The third-order valence-corrected chi connectivity index (χ3v) is 6.04. The van der Waals surface area contributed by atoms with Gasteiger partial charge in [-0.25, -0.2) is 0 Å². The number of hydrogen-bond acceptors (Lipinski definition) is 3. The van der Waals surface area contributed by atoms with E-state index in [0.717, 1.165) is 45.6 Å². The number of thiophene rings is 1. The van der Waals surface area contributed by atoms with Crippen LogP contribution in [0.15, 0.2) is 17.5 Å². The van der Waals surface area contributed by atoms with Gasteiger partial charge in [0, 0.05) is 31.1 Å². The predicted molar refractivity (Wildman–Crippen MR) is 83.2 cm³/mol. The SMILES string of the molecule is CCN1CCN(C(=O)C2(c3cccs3)CCCC2)CC1. The van der Waals surface area contributed by atoms with Crippen LogP contribution >= 0.6 is 11.3 Å². The second-order valence-corrected chi connectivity index (χ2v) is 6.94. The first kappa shape index (κ1) is 14.1. The Balaban J connectivity index is 1.77. The van der Waals surface area contributed by atoms with Gasteiger partial charge in [0.25, 0.3) is 0 Å². The lowest BCUT2D eigenvalue weighted by molar-refractivity contribution is -0.139. The van der Waals surface area contributed by atoms with Crippen molar-refractivity contribution in [1.82, 2.24) is 9.80 Å². The number of piperazine rings is 1. The van der Waals surface area contributed by atoms with Gasteiger partial charge >= 0.3 is 0 Å². The van der Waals surface area contributed by atoms with Gasteiger partial charge in [-0.15, -0.1) is 11.3 Å². The van der Waals surface area contributed by atoms with Crippen molar-refractivity contribution in [3.8, 4) is 0 Å².